The summed E-state index contributed by atoms with van der Waals surface area (Å²) in [6, 6.07) is 7.93. The highest BCUT2D eigenvalue weighted by Crippen LogP contribution is 2.16. The molecule has 1 fully saturated rings. The van der Waals surface area contributed by atoms with Crippen LogP contribution in [-0.2, 0) is 11.2 Å². The maximum atomic E-state index is 12.3. The van der Waals surface area contributed by atoms with Crippen molar-refractivity contribution in [2.45, 2.75) is 26.3 Å². The van der Waals surface area contributed by atoms with Crippen molar-refractivity contribution in [3.63, 3.8) is 0 Å². The van der Waals surface area contributed by atoms with Crippen LogP contribution in [0.5, 0.6) is 0 Å². The van der Waals surface area contributed by atoms with Gasteiger partial charge < -0.3 is 10.6 Å². The quantitative estimate of drug-likeness (QED) is 0.863. The van der Waals surface area contributed by atoms with E-state index in [4.69, 9.17) is 0 Å². The molecule has 1 heterocycles. The molecule has 104 valence electrons. The number of aryl methyl sites for hydroxylation is 1. The number of hydrogen-bond acceptors (Lipinski definition) is 3. The first-order valence-corrected chi connectivity index (χ1v) is 7.06. The van der Waals surface area contributed by atoms with E-state index in [9.17, 15) is 4.79 Å². The number of anilines is 1. The van der Waals surface area contributed by atoms with Crippen LogP contribution in [0.1, 0.15) is 19.4 Å². The zero-order chi connectivity index (χ0) is 13.7. The lowest BCUT2D eigenvalue weighted by Crippen LogP contribution is -2.51. The molecule has 1 aliphatic heterocycles. The van der Waals surface area contributed by atoms with E-state index in [1.165, 1.54) is 5.56 Å². The minimum absolute atomic E-state index is 0.0768. The monoisotopic (exact) mass is 261 g/mol. The van der Waals surface area contributed by atoms with E-state index < -0.39 is 0 Å². The number of nitrogens with one attached hydrogen (secondary N) is 2. The molecule has 2 rings (SSSR count). The third-order valence-corrected chi connectivity index (χ3v) is 3.73. The molecule has 1 unspecified atom stereocenters. The highest BCUT2D eigenvalue weighted by atomic mass is 16.2. The Morgan fingerprint density at radius 2 is 2.05 bits per heavy atom. The van der Waals surface area contributed by atoms with Gasteiger partial charge in [-0.2, -0.15) is 0 Å². The van der Waals surface area contributed by atoms with Gasteiger partial charge in [-0.1, -0.05) is 25.1 Å². The molecule has 4 heteroatoms. The van der Waals surface area contributed by atoms with Crippen molar-refractivity contribution in [3.05, 3.63) is 29.8 Å². The molecule has 1 aromatic rings. The molecular weight excluding hydrogens is 238 g/mol. The topological polar surface area (TPSA) is 44.4 Å². The predicted octanol–water partition coefficient (Wildman–Crippen LogP) is 1.48. The summed E-state index contributed by atoms with van der Waals surface area (Å²) in [5.41, 5.74) is 2.13. The molecule has 0 spiro atoms. The van der Waals surface area contributed by atoms with Crippen LogP contribution in [0.2, 0.25) is 0 Å². The van der Waals surface area contributed by atoms with Crippen molar-refractivity contribution in [2.75, 3.05) is 31.5 Å². The van der Waals surface area contributed by atoms with E-state index in [1.807, 2.05) is 25.1 Å². The van der Waals surface area contributed by atoms with Gasteiger partial charge in [-0.15, -0.1) is 0 Å². The molecule has 4 nitrogen and oxygen atoms in total. The number of carbonyl (C=O) groups excluding carboxylic acids is 1. The summed E-state index contributed by atoms with van der Waals surface area (Å²) in [5.74, 6) is 0.0859. The number of para-hydroxylation sites is 1. The Bertz CT molecular complexity index is 427. The van der Waals surface area contributed by atoms with Crippen molar-refractivity contribution in [1.82, 2.24) is 10.2 Å². The summed E-state index contributed by atoms with van der Waals surface area (Å²) >= 11 is 0. The zero-order valence-electron chi connectivity index (χ0n) is 11.8. The van der Waals surface area contributed by atoms with Crippen LogP contribution in [0.25, 0.3) is 0 Å². The van der Waals surface area contributed by atoms with E-state index in [-0.39, 0.29) is 11.9 Å². The number of amides is 1. The highest BCUT2D eigenvalue weighted by Gasteiger charge is 2.22. The van der Waals surface area contributed by atoms with Gasteiger partial charge >= 0.3 is 0 Å². The Kier molecular flexibility index (Phi) is 4.93. The molecule has 1 aromatic carbocycles. The number of rotatable bonds is 4. The summed E-state index contributed by atoms with van der Waals surface area (Å²) in [7, 11) is 0. The van der Waals surface area contributed by atoms with Crippen LogP contribution in [0, 0.1) is 0 Å². The fraction of sp³-hybridized carbons (Fsp3) is 0.533. The predicted molar refractivity (Wildman–Crippen MR) is 78.4 cm³/mol. The Hall–Kier alpha value is -1.39. The number of nitrogens with zero attached hydrogens (tertiary/aromatic N) is 1. The van der Waals surface area contributed by atoms with Crippen molar-refractivity contribution < 1.29 is 4.79 Å². The molecule has 1 saturated heterocycles. The van der Waals surface area contributed by atoms with Gasteiger partial charge in [0.25, 0.3) is 0 Å². The van der Waals surface area contributed by atoms with Crippen molar-refractivity contribution in [2.24, 2.45) is 0 Å². The number of benzene rings is 1. The van der Waals surface area contributed by atoms with Crippen LogP contribution < -0.4 is 10.6 Å². The van der Waals surface area contributed by atoms with Crippen molar-refractivity contribution in [3.8, 4) is 0 Å². The SMILES string of the molecule is CCc1ccccc1NC(=O)C(C)N1CCNCC1. The Morgan fingerprint density at radius 1 is 1.37 bits per heavy atom. The first-order chi connectivity index (χ1) is 9.22. The average Bonchev–Trinajstić information content (AvgIpc) is 2.48. The standard InChI is InChI=1S/C15H23N3O/c1-3-13-6-4-5-7-14(13)17-15(19)12(2)18-10-8-16-9-11-18/h4-7,12,16H,3,8-11H2,1-2H3,(H,17,19). The first kappa shape index (κ1) is 14.0. The lowest BCUT2D eigenvalue weighted by Gasteiger charge is -2.32. The number of carbonyl (C=O) groups is 1. The second-order valence-electron chi connectivity index (χ2n) is 4.96. The van der Waals surface area contributed by atoms with Crippen molar-refractivity contribution >= 4 is 11.6 Å². The van der Waals surface area contributed by atoms with Gasteiger partial charge in [-0.05, 0) is 25.0 Å². The molecule has 2 N–H and O–H groups in total. The highest BCUT2D eigenvalue weighted by molar-refractivity contribution is 5.95. The summed E-state index contributed by atoms with van der Waals surface area (Å²) in [6.07, 6.45) is 0.929. The van der Waals surface area contributed by atoms with Crippen LogP contribution in [0.15, 0.2) is 24.3 Å². The Morgan fingerprint density at radius 3 is 2.74 bits per heavy atom. The lowest BCUT2D eigenvalue weighted by atomic mass is 10.1. The normalized spacial score (nSPS) is 18.0. The fourth-order valence-corrected chi connectivity index (χ4v) is 2.42. The van der Waals surface area contributed by atoms with Gasteiger partial charge in [0.2, 0.25) is 5.91 Å². The minimum Gasteiger partial charge on any atom is -0.324 e. The summed E-state index contributed by atoms with van der Waals surface area (Å²) < 4.78 is 0. The van der Waals surface area contributed by atoms with Crippen LogP contribution in [-0.4, -0.2) is 43.0 Å². The van der Waals surface area contributed by atoms with Gasteiger partial charge in [-0.25, -0.2) is 0 Å². The second-order valence-corrected chi connectivity index (χ2v) is 4.96. The molecule has 1 aliphatic rings. The average molecular weight is 261 g/mol. The van der Waals surface area contributed by atoms with Crippen molar-refractivity contribution in [1.29, 1.82) is 0 Å². The largest absolute Gasteiger partial charge is 0.324 e. The third-order valence-electron chi connectivity index (χ3n) is 3.73. The maximum Gasteiger partial charge on any atom is 0.241 e. The van der Waals surface area contributed by atoms with Crippen LogP contribution in [0.4, 0.5) is 5.69 Å². The fourth-order valence-electron chi connectivity index (χ4n) is 2.42. The Balaban J connectivity index is 1.99. The van der Waals surface area contributed by atoms with Gasteiger partial charge in [0.15, 0.2) is 0 Å². The lowest BCUT2D eigenvalue weighted by molar-refractivity contribution is -0.120. The van der Waals surface area contributed by atoms with Gasteiger partial charge in [-0.3, -0.25) is 9.69 Å². The van der Waals surface area contributed by atoms with E-state index in [0.29, 0.717) is 0 Å². The summed E-state index contributed by atoms with van der Waals surface area (Å²) in [5, 5.41) is 6.36. The molecule has 1 atom stereocenters. The molecule has 0 bridgehead atoms. The number of piperazine rings is 1. The smallest absolute Gasteiger partial charge is 0.241 e. The second kappa shape index (κ2) is 6.68. The zero-order valence-corrected chi connectivity index (χ0v) is 11.8. The summed E-state index contributed by atoms with van der Waals surface area (Å²) in [4.78, 5) is 14.5. The molecule has 1 amide bonds. The molecule has 0 radical (unpaired) electrons. The summed E-state index contributed by atoms with van der Waals surface area (Å²) in [6.45, 7) is 7.88. The molecule has 19 heavy (non-hydrogen) atoms. The molecular formula is C15H23N3O. The van der Waals surface area contributed by atoms with E-state index in [0.717, 1.165) is 38.3 Å². The first-order valence-electron chi connectivity index (χ1n) is 7.06. The number of hydrogen-bond donors (Lipinski definition) is 2. The molecule has 0 aliphatic carbocycles. The minimum atomic E-state index is -0.0768. The maximum absolute atomic E-state index is 12.3. The molecule has 0 aromatic heterocycles. The van der Waals surface area contributed by atoms with Crippen LogP contribution in [0.3, 0.4) is 0 Å². The van der Waals surface area contributed by atoms with Gasteiger partial charge in [0.1, 0.15) is 0 Å². The van der Waals surface area contributed by atoms with E-state index in [1.54, 1.807) is 0 Å². The third kappa shape index (κ3) is 3.55. The Labute approximate surface area is 115 Å². The van der Waals surface area contributed by atoms with Crippen LogP contribution >= 0.6 is 0 Å². The van der Waals surface area contributed by atoms with Gasteiger partial charge in [0, 0.05) is 31.9 Å². The van der Waals surface area contributed by atoms with Gasteiger partial charge in [0.05, 0.1) is 6.04 Å². The van der Waals surface area contributed by atoms with E-state index in [2.05, 4.69) is 28.5 Å². The van der Waals surface area contributed by atoms with E-state index >= 15 is 0 Å². The molecule has 0 saturated carbocycles.